The summed E-state index contributed by atoms with van der Waals surface area (Å²) < 4.78 is 5.91. The van der Waals surface area contributed by atoms with Crippen LogP contribution < -0.4 is 0 Å². The first-order valence-corrected chi connectivity index (χ1v) is 13.2. The van der Waals surface area contributed by atoms with Crippen LogP contribution in [0.4, 0.5) is 0 Å². The van der Waals surface area contributed by atoms with Gasteiger partial charge in [-0.3, -0.25) is 4.79 Å². The zero-order valence-electron chi connectivity index (χ0n) is 19.4. The molecule has 0 spiro atoms. The number of ether oxygens (including phenoxy) is 1. The van der Waals surface area contributed by atoms with E-state index < -0.39 is 0 Å². The van der Waals surface area contributed by atoms with Crippen LogP contribution in [0.3, 0.4) is 0 Å². The number of hydrogen-bond donors (Lipinski definition) is 0. The first-order chi connectivity index (χ1) is 14.6. The third-order valence-corrected chi connectivity index (χ3v) is 9.69. The van der Waals surface area contributed by atoms with Crippen molar-refractivity contribution < 1.29 is 9.53 Å². The smallest absolute Gasteiger partial charge is 0.305 e. The molecule has 0 bridgehead atoms. The Morgan fingerprint density at radius 1 is 0.933 bits per heavy atom. The van der Waals surface area contributed by atoms with Gasteiger partial charge in [-0.25, -0.2) is 0 Å². The van der Waals surface area contributed by atoms with Crippen molar-refractivity contribution in [1.29, 1.82) is 5.26 Å². The maximum atomic E-state index is 12.0. The van der Waals surface area contributed by atoms with Crippen LogP contribution in [0, 0.1) is 52.3 Å². The minimum atomic E-state index is -0.0232. The van der Waals surface area contributed by atoms with Gasteiger partial charge in [0, 0.05) is 6.42 Å². The summed E-state index contributed by atoms with van der Waals surface area (Å²) in [5.74, 6) is 4.75. The van der Waals surface area contributed by atoms with Crippen molar-refractivity contribution in [2.75, 3.05) is 0 Å². The fourth-order valence-corrected chi connectivity index (χ4v) is 8.28. The molecule has 0 heterocycles. The summed E-state index contributed by atoms with van der Waals surface area (Å²) in [6.07, 6.45) is 18.1. The number of esters is 1. The molecule has 4 rings (SSSR count). The molecule has 3 heteroatoms. The van der Waals surface area contributed by atoms with Gasteiger partial charge in [-0.1, -0.05) is 33.1 Å². The Labute approximate surface area is 184 Å². The zero-order valence-corrected chi connectivity index (χ0v) is 19.4. The van der Waals surface area contributed by atoms with E-state index >= 15 is 0 Å². The van der Waals surface area contributed by atoms with Crippen LogP contribution in [-0.2, 0) is 9.53 Å². The molecular weight excluding hydrogens is 370 g/mol. The molecule has 168 valence electrons. The molecule has 0 aromatic carbocycles. The lowest BCUT2D eigenvalue weighted by molar-refractivity contribution is -0.161. The van der Waals surface area contributed by atoms with Crippen LogP contribution in [0.2, 0.25) is 0 Å². The molecule has 0 radical (unpaired) electrons. The number of hydrogen-bond acceptors (Lipinski definition) is 3. The quantitative estimate of drug-likeness (QED) is 0.346. The first-order valence-electron chi connectivity index (χ1n) is 13.2. The van der Waals surface area contributed by atoms with Gasteiger partial charge in [-0.2, -0.15) is 5.26 Å². The first kappa shape index (κ1) is 22.2. The molecular formula is C27H43NO2. The molecule has 8 atom stereocenters. The monoisotopic (exact) mass is 413 g/mol. The molecule has 3 nitrogen and oxygen atoms in total. The molecule has 4 fully saturated rings. The van der Waals surface area contributed by atoms with E-state index in [1.165, 1.54) is 70.6 Å². The Hall–Kier alpha value is -1.04. The second kappa shape index (κ2) is 9.62. The second-order valence-corrected chi connectivity index (χ2v) is 11.1. The predicted molar refractivity (Wildman–Crippen MR) is 119 cm³/mol. The summed E-state index contributed by atoms with van der Waals surface area (Å²) in [4.78, 5) is 12.0. The van der Waals surface area contributed by atoms with Gasteiger partial charge in [-0.15, -0.1) is 0 Å². The van der Waals surface area contributed by atoms with E-state index in [0.29, 0.717) is 12.3 Å². The van der Waals surface area contributed by atoms with E-state index in [2.05, 4.69) is 13.0 Å². The standard InChI is InChI=1S/C27H43NO2/c1-3-5-6-15-27(18-28)16-14-20-19(17-27)10-11-23-21-8-7-9-25(30-26(29)4-2)24(21)13-12-22(20)23/h19-25H,3-17H2,1-2H3. The fraction of sp³-hybridized carbons (Fsp3) is 0.926. The largest absolute Gasteiger partial charge is 0.462 e. The highest BCUT2D eigenvalue weighted by Gasteiger charge is 2.53. The van der Waals surface area contributed by atoms with Gasteiger partial charge in [0.05, 0.1) is 11.5 Å². The number of fused-ring (bicyclic) bond motifs is 5. The number of carbonyl (C=O) groups excluding carboxylic acids is 1. The van der Waals surface area contributed by atoms with Crippen LogP contribution >= 0.6 is 0 Å². The van der Waals surface area contributed by atoms with Crippen LogP contribution in [-0.4, -0.2) is 12.1 Å². The highest BCUT2D eigenvalue weighted by atomic mass is 16.5. The Balaban J connectivity index is 1.41. The normalized spacial score (nSPS) is 42.9. The summed E-state index contributed by atoms with van der Waals surface area (Å²) in [7, 11) is 0. The molecule has 0 aromatic rings. The maximum absolute atomic E-state index is 12.0. The third-order valence-electron chi connectivity index (χ3n) is 9.69. The SMILES string of the molecule is CCCCCC1(C#N)CCC2C(CCC3C2CCC2C(OC(=O)CC)CCCC23)C1. The van der Waals surface area contributed by atoms with Gasteiger partial charge < -0.3 is 4.74 Å². The van der Waals surface area contributed by atoms with E-state index in [-0.39, 0.29) is 17.5 Å². The highest BCUT2D eigenvalue weighted by Crippen LogP contribution is 2.60. The van der Waals surface area contributed by atoms with Gasteiger partial charge >= 0.3 is 5.97 Å². The van der Waals surface area contributed by atoms with Crippen molar-refractivity contribution in [2.24, 2.45) is 40.9 Å². The summed E-state index contributed by atoms with van der Waals surface area (Å²) >= 11 is 0. The average molecular weight is 414 g/mol. The van der Waals surface area contributed by atoms with E-state index in [1.54, 1.807) is 0 Å². The number of carbonyl (C=O) groups is 1. The van der Waals surface area contributed by atoms with Gasteiger partial charge in [-0.05, 0) is 106 Å². The molecule has 0 amide bonds. The van der Waals surface area contributed by atoms with Crippen LogP contribution in [0.1, 0.15) is 110 Å². The Bertz CT molecular complexity index is 639. The molecule has 30 heavy (non-hydrogen) atoms. The number of rotatable bonds is 6. The number of nitrogens with zero attached hydrogens (tertiary/aromatic N) is 1. The van der Waals surface area contributed by atoms with Gasteiger partial charge in [0.2, 0.25) is 0 Å². The third kappa shape index (κ3) is 4.31. The van der Waals surface area contributed by atoms with E-state index in [0.717, 1.165) is 48.9 Å². The lowest BCUT2D eigenvalue weighted by atomic mass is 9.49. The molecule has 0 saturated heterocycles. The molecule has 0 aliphatic heterocycles. The molecule has 0 aromatic heterocycles. The highest BCUT2D eigenvalue weighted by molar-refractivity contribution is 5.69. The Morgan fingerprint density at radius 2 is 1.67 bits per heavy atom. The topological polar surface area (TPSA) is 50.1 Å². The Morgan fingerprint density at radius 3 is 2.43 bits per heavy atom. The maximum Gasteiger partial charge on any atom is 0.305 e. The minimum Gasteiger partial charge on any atom is -0.462 e. The van der Waals surface area contributed by atoms with Gasteiger partial charge in [0.15, 0.2) is 0 Å². The molecule has 0 N–H and O–H groups in total. The van der Waals surface area contributed by atoms with E-state index in [9.17, 15) is 10.1 Å². The number of nitriles is 1. The summed E-state index contributed by atoms with van der Waals surface area (Å²) in [5, 5.41) is 10.0. The van der Waals surface area contributed by atoms with Crippen molar-refractivity contribution in [2.45, 2.75) is 116 Å². The lowest BCUT2D eigenvalue weighted by Gasteiger charge is -2.56. The summed E-state index contributed by atoms with van der Waals surface area (Å²) in [6.45, 7) is 4.17. The molecule has 8 unspecified atom stereocenters. The fourth-order valence-electron chi connectivity index (χ4n) is 8.28. The molecule has 4 aliphatic carbocycles. The predicted octanol–water partition coefficient (Wildman–Crippen LogP) is 7.05. The van der Waals surface area contributed by atoms with Crippen molar-refractivity contribution in [1.82, 2.24) is 0 Å². The molecule has 4 saturated carbocycles. The number of unbranched alkanes of at least 4 members (excludes halogenated alkanes) is 2. The van der Waals surface area contributed by atoms with Gasteiger partial charge in [0.1, 0.15) is 6.10 Å². The Kier molecular flexibility index (Phi) is 7.11. The zero-order chi connectivity index (χ0) is 21.1. The molecule has 4 aliphatic rings. The average Bonchev–Trinajstić information content (AvgIpc) is 2.78. The minimum absolute atomic E-state index is 0.00493. The van der Waals surface area contributed by atoms with Crippen molar-refractivity contribution in [3.8, 4) is 6.07 Å². The van der Waals surface area contributed by atoms with Gasteiger partial charge in [0.25, 0.3) is 0 Å². The van der Waals surface area contributed by atoms with Crippen molar-refractivity contribution in [3.63, 3.8) is 0 Å². The van der Waals surface area contributed by atoms with Crippen LogP contribution in [0.5, 0.6) is 0 Å². The lowest BCUT2D eigenvalue weighted by Crippen LogP contribution is -2.50. The summed E-state index contributed by atoms with van der Waals surface area (Å²) in [6, 6.07) is 2.81. The summed E-state index contributed by atoms with van der Waals surface area (Å²) in [5.41, 5.74) is -0.0232. The second-order valence-electron chi connectivity index (χ2n) is 11.1. The van der Waals surface area contributed by atoms with Crippen LogP contribution in [0.15, 0.2) is 0 Å². The van der Waals surface area contributed by atoms with E-state index in [1.807, 2.05) is 6.92 Å². The van der Waals surface area contributed by atoms with Crippen LogP contribution in [0.25, 0.3) is 0 Å². The van der Waals surface area contributed by atoms with Crippen molar-refractivity contribution >= 4 is 5.97 Å². The van der Waals surface area contributed by atoms with E-state index in [4.69, 9.17) is 4.74 Å². The van der Waals surface area contributed by atoms with Crippen molar-refractivity contribution in [3.05, 3.63) is 0 Å².